The second-order valence-corrected chi connectivity index (χ2v) is 17.2. The topological polar surface area (TPSA) is 222 Å². The van der Waals surface area contributed by atoms with Crippen LogP contribution in [-0.4, -0.2) is 145 Å². The Labute approximate surface area is 373 Å². The molecule has 0 saturated carbocycles. The van der Waals surface area contributed by atoms with Gasteiger partial charge in [0, 0.05) is 46.8 Å². The number of methoxy groups -OCH3 is 2. The average Bonchev–Trinajstić information content (AvgIpc) is 3.72. The van der Waals surface area contributed by atoms with Gasteiger partial charge in [-0.25, -0.2) is 5.06 Å². The molecular formula is C43H72ClN7O11. The molecule has 62 heavy (non-hydrogen) atoms. The van der Waals surface area contributed by atoms with Crippen molar-refractivity contribution in [2.24, 2.45) is 23.7 Å². The normalized spacial score (nSPS) is 19.3. The van der Waals surface area contributed by atoms with Crippen LogP contribution in [0.2, 0.25) is 0 Å². The second kappa shape index (κ2) is 25.3. The van der Waals surface area contributed by atoms with Crippen molar-refractivity contribution in [3.05, 3.63) is 33.9 Å². The third-order valence-electron chi connectivity index (χ3n) is 12.3. The summed E-state index contributed by atoms with van der Waals surface area (Å²) in [4.78, 5) is 89.4. The number of ether oxygens (including phenoxy) is 2. The molecule has 4 N–H and O–H groups in total. The van der Waals surface area contributed by atoms with Gasteiger partial charge in [0.2, 0.25) is 23.6 Å². The first-order valence-corrected chi connectivity index (χ1v) is 21.6. The van der Waals surface area contributed by atoms with Crippen LogP contribution in [0.3, 0.4) is 0 Å². The molecule has 0 bridgehead atoms. The fourth-order valence-corrected chi connectivity index (χ4v) is 8.57. The number of nitrogens with one attached hydrogen (secondary N) is 3. The highest BCUT2D eigenvalue weighted by molar-refractivity contribution is 5.90. The number of nitrogens with zero attached hydrogens (tertiary/aromatic N) is 4. The number of phenolic OH excluding ortho intramolecular Hbond substituents is 1. The Morgan fingerprint density at radius 1 is 0.968 bits per heavy atom. The van der Waals surface area contributed by atoms with E-state index in [-0.39, 0.29) is 60.7 Å². The maximum absolute atomic E-state index is 14.3. The number of halogens is 1. The fraction of sp³-hybridized carbons (Fsp3) is 0.744. The van der Waals surface area contributed by atoms with E-state index >= 15 is 0 Å². The van der Waals surface area contributed by atoms with Crippen molar-refractivity contribution >= 4 is 47.6 Å². The van der Waals surface area contributed by atoms with Gasteiger partial charge in [-0.1, -0.05) is 61.0 Å². The Balaban J connectivity index is 0.0000132. The quantitative estimate of drug-likeness (QED) is 0.0969. The van der Waals surface area contributed by atoms with E-state index in [9.17, 15) is 39.2 Å². The van der Waals surface area contributed by atoms with Crippen LogP contribution in [0.25, 0.3) is 0 Å². The lowest BCUT2D eigenvalue weighted by molar-refractivity contribution is -0.385. The van der Waals surface area contributed by atoms with Crippen LogP contribution in [0.5, 0.6) is 5.75 Å². The zero-order chi connectivity index (χ0) is 45.7. The lowest BCUT2D eigenvalue weighted by Crippen LogP contribution is -2.59. The molecule has 2 aliphatic rings. The summed E-state index contributed by atoms with van der Waals surface area (Å²) >= 11 is 0. The molecule has 0 aliphatic carbocycles. The molecule has 0 unspecified atom stereocenters. The summed E-state index contributed by atoms with van der Waals surface area (Å²) in [7, 11) is 6.38. The van der Waals surface area contributed by atoms with E-state index in [1.165, 1.54) is 37.5 Å². The number of hydrogen-bond acceptors (Lipinski definition) is 12. The maximum Gasteiger partial charge on any atom is 0.310 e. The Morgan fingerprint density at radius 2 is 1.63 bits per heavy atom. The molecule has 2 fully saturated rings. The number of phenols is 1. The molecule has 5 amide bonds. The molecule has 3 rings (SSSR count). The number of hydroxylamine groups is 2. The van der Waals surface area contributed by atoms with Crippen molar-refractivity contribution < 1.29 is 48.3 Å². The van der Waals surface area contributed by atoms with Gasteiger partial charge in [0.25, 0.3) is 5.91 Å². The highest BCUT2D eigenvalue weighted by Gasteiger charge is 2.44. The number of likely N-dealkylation sites (N-methyl/N-ethyl adjacent to an activating group) is 2. The van der Waals surface area contributed by atoms with E-state index in [0.717, 1.165) is 6.42 Å². The highest BCUT2D eigenvalue weighted by atomic mass is 35.5. The Kier molecular flexibility index (Phi) is 22.0. The van der Waals surface area contributed by atoms with Gasteiger partial charge in [0.1, 0.15) is 12.1 Å². The number of rotatable bonds is 22. The predicted octanol–water partition coefficient (Wildman–Crippen LogP) is 3.61. The first kappa shape index (κ1) is 54.0. The van der Waals surface area contributed by atoms with Gasteiger partial charge >= 0.3 is 5.69 Å². The Hall–Kier alpha value is -4.10. The fourth-order valence-electron chi connectivity index (χ4n) is 8.57. The second-order valence-electron chi connectivity index (χ2n) is 17.2. The summed E-state index contributed by atoms with van der Waals surface area (Å²) < 4.78 is 12.0. The number of hydrogen-bond donors (Lipinski definition) is 4. The number of carbonyl (C=O) groups excluding carboxylic acids is 5. The van der Waals surface area contributed by atoms with Crippen molar-refractivity contribution in [3.63, 3.8) is 0 Å². The summed E-state index contributed by atoms with van der Waals surface area (Å²) in [5, 5.41) is 31.6. The molecule has 1 aromatic carbocycles. The number of benzene rings is 1. The van der Waals surface area contributed by atoms with E-state index in [0.29, 0.717) is 50.9 Å². The molecule has 2 aliphatic heterocycles. The maximum atomic E-state index is 14.3. The molecule has 18 nitrogen and oxygen atoms in total. The molecule has 0 aromatic heterocycles. The Morgan fingerprint density at radius 3 is 2.16 bits per heavy atom. The zero-order valence-electron chi connectivity index (χ0n) is 38.4. The van der Waals surface area contributed by atoms with E-state index in [1.54, 1.807) is 30.8 Å². The van der Waals surface area contributed by atoms with Crippen LogP contribution in [0.4, 0.5) is 5.69 Å². The third kappa shape index (κ3) is 13.7. The summed E-state index contributed by atoms with van der Waals surface area (Å²) in [5.74, 6) is -3.52. The van der Waals surface area contributed by atoms with Crippen LogP contribution < -0.4 is 16.0 Å². The smallest absolute Gasteiger partial charge is 0.310 e. The van der Waals surface area contributed by atoms with Gasteiger partial charge in [-0.05, 0) is 62.1 Å². The molecule has 1 aromatic rings. The molecule has 352 valence electrons. The van der Waals surface area contributed by atoms with E-state index in [1.807, 2.05) is 41.5 Å². The number of amides is 5. The zero-order valence-corrected chi connectivity index (χ0v) is 39.2. The van der Waals surface area contributed by atoms with Gasteiger partial charge < -0.3 is 40.3 Å². The molecule has 9 atom stereocenters. The molecule has 19 heteroatoms. The first-order valence-electron chi connectivity index (χ1n) is 21.6. The number of likely N-dealkylation sites (tertiary alicyclic amines) is 1. The van der Waals surface area contributed by atoms with Crippen molar-refractivity contribution in [2.45, 2.75) is 136 Å². The van der Waals surface area contributed by atoms with Crippen LogP contribution in [0, 0.1) is 33.8 Å². The van der Waals surface area contributed by atoms with Crippen molar-refractivity contribution in [3.8, 4) is 5.75 Å². The van der Waals surface area contributed by atoms with Crippen LogP contribution in [-0.2, 0) is 44.7 Å². The van der Waals surface area contributed by atoms with Crippen LogP contribution in [0.15, 0.2) is 18.2 Å². The number of nitro benzene ring substituents is 1. The van der Waals surface area contributed by atoms with Crippen molar-refractivity contribution in [1.29, 1.82) is 0 Å². The van der Waals surface area contributed by atoms with Gasteiger partial charge in [0.05, 0.1) is 54.2 Å². The minimum atomic E-state index is -1.17. The average molecular weight is 899 g/mol. The number of aromatic hydroxyl groups is 1. The molecule has 0 radical (unpaired) electrons. The monoisotopic (exact) mass is 897 g/mol. The minimum Gasteiger partial charge on any atom is -0.502 e. The minimum absolute atomic E-state index is 0. The lowest BCUT2D eigenvalue weighted by atomic mass is 9.89. The summed E-state index contributed by atoms with van der Waals surface area (Å²) in [6.45, 7) is 14.3. The first-order chi connectivity index (χ1) is 28.8. The van der Waals surface area contributed by atoms with Crippen molar-refractivity contribution in [2.75, 3.05) is 48.0 Å². The van der Waals surface area contributed by atoms with Crippen LogP contribution >= 0.6 is 12.4 Å². The van der Waals surface area contributed by atoms with Crippen molar-refractivity contribution in [1.82, 2.24) is 30.8 Å². The predicted molar refractivity (Wildman–Crippen MR) is 235 cm³/mol. The molecule has 0 spiro atoms. The SMILES string of the molecule is CC[C@H](C)[C@@H]([C@@H](CC(=O)N1CCC[C@H]1[C@H](OC)[C@@H](C)C(=O)N[C@@H](Cc1ccc(O)c([N+](=O)[O-])c1)C(=O)N1CCCCO1)OC)N(C)C(=O)[C@@H](NC(=O)[C@@H](NC)C(C)C)C(C)C.Cl. The van der Waals surface area contributed by atoms with Gasteiger partial charge in [-0.2, -0.15) is 0 Å². The van der Waals surface area contributed by atoms with E-state index in [4.69, 9.17) is 14.3 Å². The number of nitro groups is 1. The summed E-state index contributed by atoms with van der Waals surface area (Å²) in [6, 6.07) is 0.311. The van der Waals surface area contributed by atoms with E-state index < -0.39 is 76.5 Å². The van der Waals surface area contributed by atoms with Gasteiger partial charge in [-0.3, -0.25) is 38.9 Å². The van der Waals surface area contributed by atoms with Gasteiger partial charge in [0.15, 0.2) is 5.75 Å². The largest absolute Gasteiger partial charge is 0.502 e. The van der Waals surface area contributed by atoms with Gasteiger partial charge in [-0.15, -0.1) is 12.4 Å². The highest BCUT2D eigenvalue weighted by Crippen LogP contribution is 2.31. The van der Waals surface area contributed by atoms with Crippen LogP contribution in [0.1, 0.15) is 92.6 Å². The summed E-state index contributed by atoms with van der Waals surface area (Å²) in [6.07, 6.45) is 1.70. The number of carbonyl (C=O) groups is 5. The standard InChI is InChI=1S/C43H71N7O11.ClH/c1-12-27(6)38(47(9)43(56)37(26(4)5)46-41(54)36(44-8)25(2)3)34(59-10)24-35(52)48-19-15-16-31(48)39(60-11)28(7)40(53)45-30(42(55)49-20-13-14-21-61-49)22-29-17-18-33(51)32(23-29)50(57)58;/h17-18,23,25-28,30-31,34,36-39,44,51H,12-16,19-22,24H2,1-11H3,(H,45,53)(H,46,54);1H/t27-,28+,30-,31-,34+,36-,37-,38-,39+;/m0./s1. The third-order valence-corrected chi connectivity index (χ3v) is 12.3. The van der Waals surface area contributed by atoms with E-state index in [2.05, 4.69) is 16.0 Å². The molecular weight excluding hydrogens is 826 g/mol. The summed E-state index contributed by atoms with van der Waals surface area (Å²) in [5.41, 5.74) is -0.182. The Bertz CT molecular complexity index is 1660. The molecule has 2 saturated heterocycles. The lowest BCUT2D eigenvalue weighted by Gasteiger charge is -2.41. The molecule has 2 heterocycles.